The number of nitrogens with two attached hydrogens (primary N) is 1. The van der Waals surface area contributed by atoms with Gasteiger partial charge in [-0.1, -0.05) is 32.4 Å². The standard InChI is InChI=1S/C16H25N3O2/c1-4-11(2)15(17)16(21)18-10-9-13-5-7-14(8-6-13)19-12(3)20/h5-8,11,15H,4,9-10,17H2,1-3H3,(H,18,21)(H,19,20). The number of rotatable bonds is 7. The molecule has 1 rings (SSSR count). The number of nitrogens with one attached hydrogen (secondary N) is 2. The van der Waals surface area contributed by atoms with Crippen molar-refractivity contribution in [2.45, 2.75) is 39.7 Å². The van der Waals surface area contributed by atoms with Crippen LogP contribution in [0.2, 0.25) is 0 Å². The highest BCUT2D eigenvalue weighted by atomic mass is 16.2. The lowest BCUT2D eigenvalue weighted by molar-refractivity contribution is -0.123. The van der Waals surface area contributed by atoms with Crippen molar-refractivity contribution in [2.24, 2.45) is 11.7 Å². The fourth-order valence-electron chi connectivity index (χ4n) is 1.92. The van der Waals surface area contributed by atoms with E-state index in [0.29, 0.717) is 6.54 Å². The van der Waals surface area contributed by atoms with Gasteiger partial charge in [-0.2, -0.15) is 0 Å². The Balaban J connectivity index is 2.38. The predicted octanol–water partition coefficient (Wildman–Crippen LogP) is 1.68. The topological polar surface area (TPSA) is 84.2 Å². The van der Waals surface area contributed by atoms with E-state index in [-0.39, 0.29) is 17.7 Å². The number of carbonyl (C=O) groups is 2. The first-order valence-corrected chi connectivity index (χ1v) is 7.33. The predicted molar refractivity (Wildman–Crippen MR) is 84.9 cm³/mol. The highest BCUT2D eigenvalue weighted by molar-refractivity contribution is 5.88. The summed E-state index contributed by atoms with van der Waals surface area (Å²) in [7, 11) is 0. The van der Waals surface area contributed by atoms with Crippen LogP contribution in [-0.2, 0) is 16.0 Å². The van der Waals surface area contributed by atoms with Gasteiger partial charge in [0, 0.05) is 19.2 Å². The maximum Gasteiger partial charge on any atom is 0.237 e. The summed E-state index contributed by atoms with van der Waals surface area (Å²) in [6.45, 7) is 6.03. The molecule has 4 N–H and O–H groups in total. The lowest BCUT2D eigenvalue weighted by Gasteiger charge is -2.17. The second-order valence-corrected chi connectivity index (χ2v) is 5.33. The molecule has 0 aromatic heterocycles. The molecule has 0 aliphatic heterocycles. The van der Waals surface area contributed by atoms with Crippen LogP contribution in [0.1, 0.15) is 32.8 Å². The number of benzene rings is 1. The summed E-state index contributed by atoms with van der Waals surface area (Å²) in [6.07, 6.45) is 1.62. The Labute approximate surface area is 126 Å². The molecule has 0 aliphatic carbocycles. The van der Waals surface area contributed by atoms with Gasteiger partial charge >= 0.3 is 0 Å². The van der Waals surface area contributed by atoms with Crippen LogP contribution in [0.5, 0.6) is 0 Å². The van der Waals surface area contributed by atoms with E-state index in [0.717, 1.165) is 24.1 Å². The average molecular weight is 291 g/mol. The monoisotopic (exact) mass is 291 g/mol. The van der Waals surface area contributed by atoms with E-state index in [1.165, 1.54) is 6.92 Å². The zero-order valence-electron chi connectivity index (χ0n) is 13.0. The maximum atomic E-state index is 11.8. The van der Waals surface area contributed by atoms with Gasteiger partial charge in [0.2, 0.25) is 11.8 Å². The van der Waals surface area contributed by atoms with E-state index in [1.54, 1.807) is 0 Å². The average Bonchev–Trinajstić information content (AvgIpc) is 2.46. The fraction of sp³-hybridized carbons (Fsp3) is 0.500. The molecule has 1 aromatic rings. The third-order valence-corrected chi connectivity index (χ3v) is 3.55. The van der Waals surface area contributed by atoms with Crippen LogP contribution in [0, 0.1) is 5.92 Å². The molecule has 2 amide bonds. The van der Waals surface area contributed by atoms with Gasteiger partial charge in [-0.15, -0.1) is 0 Å². The van der Waals surface area contributed by atoms with Crippen molar-refractivity contribution in [3.05, 3.63) is 29.8 Å². The molecule has 2 atom stereocenters. The van der Waals surface area contributed by atoms with Gasteiger partial charge in [-0.25, -0.2) is 0 Å². The van der Waals surface area contributed by atoms with Gasteiger partial charge in [0.1, 0.15) is 0 Å². The summed E-state index contributed by atoms with van der Waals surface area (Å²) in [5, 5.41) is 5.57. The molecule has 0 bridgehead atoms. The van der Waals surface area contributed by atoms with Crippen LogP contribution in [0.25, 0.3) is 0 Å². The van der Waals surface area contributed by atoms with Gasteiger partial charge in [-0.3, -0.25) is 9.59 Å². The van der Waals surface area contributed by atoms with Gasteiger partial charge < -0.3 is 16.4 Å². The Kier molecular flexibility index (Phi) is 6.88. The Morgan fingerprint density at radius 2 is 1.86 bits per heavy atom. The van der Waals surface area contributed by atoms with Gasteiger partial charge in [0.05, 0.1) is 6.04 Å². The van der Waals surface area contributed by atoms with Crippen molar-refractivity contribution in [1.82, 2.24) is 5.32 Å². The van der Waals surface area contributed by atoms with Crippen LogP contribution in [-0.4, -0.2) is 24.4 Å². The first-order chi connectivity index (χ1) is 9.93. The van der Waals surface area contributed by atoms with Crippen LogP contribution in [0.4, 0.5) is 5.69 Å². The Bertz CT molecular complexity index is 471. The second-order valence-electron chi connectivity index (χ2n) is 5.33. The van der Waals surface area contributed by atoms with Crippen molar-refractivity contribution in [3.63, 3.8) is 0 Å². The molecule has 1 aromatic carbocycles. The van der Waals surface area contributed by atoms with Crippen molar-refractivity contribution >= 4 is 17.5 Å². The zero-order valence-corrected chi connectivity index (χ0v) is 13.0. The first-order valence-electron chi connectivity index (χ1n) is 7.33. The summed E-state index contributed by atoms with van der Waals surface area (Å²) < 4.78 is 0. The van der Waals surface area contributed by atoms with Gasteiger partial charge in [0.15, 0.2) is 0 Å². The number of amides is 2. The van der Waals surface area contributed by atoms with Crippen molar-refractivity contribution in [2.75, 3.05) is 11.9 Å². The minimum absolute atomic E-state index is 0.0888. The Morgan fingerprint density at radius 3 is 2.38 bits per heavy atom. The second kappa shape index (κ2) is 8.42. The summed E-state index contributed by atoms with van der Waals surface area (Å²) in [6, 6.07) is 7.13. The molecule has 0 fully saturated rings. The van der Waals surface area contributed by atoms with E-state index < -0.39 is 6.04 Å². The van der Waals surface area contributed by atoms with Gasteiger partial charge in [0.25, 0.3) is 0 Å². The quantitative estimate of drug-likeness (QED) is 0.714. The molecule has 0 saturated heterocycles. The normalized spacial score (nSPS) is 13.3. The number of anilines is 1. The highest BCUT2D eigenvalue weighted by Crippen LogP contribution is 2.10. The van der Waals surface area contributed by atoms with Crippen LogP contribution in [0.15, 0.2) is 24.3 Å². The first kappa shape index (κ1) is 17.2. The van der Waals surface area contributed by atoms with E-state index in [4.69, 9.17) is 5.73 Å². The molecule has 0 heterocycles. The molecule has 5 nitrogen and oxygen atoms in total. The Hall–Kier alpha value is -1.88. The van der Waals surface area contributed by atoms with E-state index in [1.807, 2.05) is 38.1 Å². The van der Waals surface area contributed by atoms with E-state index >= 15 is 0 Å². The molecule has 116 valence electrons. The number of hydrogen-bond acceptors (Lipinski definition) is 3. The summed E-state index contributed by atoms with van der Waals surface area (Å²) in [4.78, 5) is 22.7. The molecule has 0 spiro atoms. The summed E-state index contributed by atoms with van der Waals surface area (Å²) in [5.74, 6) is -0.00444. The molecular weight excluding hydrogens is 266 g/mol. The minimum atomic E-state index is -0.447. The minimum Gasteiger partial charge on any atom is -0.354 e. The summed E-state index contributed by atoms with van der Waals surface area (Å²) in [5.41, 5.74) is 7.74. The molecule has 21 heavy (non-hydrogen) atoms. The summed E-state index contributed by atoms with van der Waals surface area (Å²) >= 11 is 0. The number of carbonyl (C=O) groups excluding carboxylic acids is 2. The molecule has 5 heteroatoms. The van der Waals surface area contributed by atoms with Crippen molar-refractivity contribution < 1.29 is 9.59 Å². The largest absolute Gasteiger partial charge is 0.354 e. The van der Waals surface area contributed by atoms with E-state index in [9.17, 15) is 9.59 Å². The Morgan fingerprint density at radius 1 is 1.24 bits per heavy atom. The zero-order chi connectivity index (χ0) is 15.8. The third kappa shape index (κ3) is 5.95. The van der Waals surface area contributed by atoms with Crippen molar-refractivity contribution in [3.8, 4) is 0 Å². The maximum absolute atomic E-state index is 11.8. The van der Waals surface area contributed by atoms with Crippen LogP contribution >= 0.6 is 0 Å². The molecule has 0 radical (unpaired) electrons. The van der Waals surface area contributed by atoms with Crippen molar-refractivity contribution in [1.29, 1.82) is 0 Å². The fourth-order valence-corrected chi connectivity index (χ4v) is 1.92. The molecule has 2 unspecified atom stereocenters. The lowest BCUT2D eigenvalue weighted by Crippen LogP contribution is -2.45. The lowest BCUT2D eigenvalue weighted by atomic mass is 9.99. The third-order valence-electron chi connectivity index (χ3n) is 3.55. The SMILES string of the molecule is CCC(C)C(N)C(=O)NCCc1ccc(NC(C)=O)cc1. The smallest absolute Gasteiger partial charge is 0.237 e. The van der Waals surface area contributed by atoms with Crippen LogP contribution in [0.3, 0.4) is 0 Å². The van der Waals surface area contributed by atoms with E-state index in [2.05, 4.69) is 10.6 Å². The van der Waals surface area contributed by atoms with Gasteiger partial charge in [-0.05, 0) is 30.0 Å². The molecule has 0 aliphatic rings. The van der Waals surface area contributed by atoms with Crippen LogP contribution < -0.4 is 16.4 Å². The molecule has 0 saturated carbocycles. The highest BCUT2D eigenvalue weighted by Gasteiger charge is 2.18. The number of hydrogen-bond donors (Lipinski definition) is 3. The molecular formula is C16H25N3O2.